The zero-order chi connectivity index (χ0) is 14.4. The fourth-order valence-electron chi connectivity index (χ4n) is 2.34. The molecular formula is C13H25N3O3. The summed E-state index contributed by atoms with van der Waals surface area (Å²) in [7, 11) is 0. The van der Waals surface area contributed by atoms with Crippen LogP contribution in [0, 0.1) is 0 Å². The fraction of sp³-hybridized carbons (Fsp3) is 0.846. The second kappa shape index (κ2) is 7.45. The number of nitrogens with zero attached hydrogens (tertiary/aromatic N) is 2. The highest BCUT2D eigenvalue weighted by Crippen LogP contribution is 2.09. The number of piperazine rings is 1. The van der Waals surface area contributed by atoms with Gasteiger partial charge >= 0.3 is 5.97 Å². The predicted molar refractivity (Wildman–Crippen MR) is 72.8 cm³/mol. The van der Waals surface area contributed by atoms with Crippen molar-refractivity contribution in [1.29, 1.82) is 0 Å². The van der Waals surface area contributed by atoms with Crippen molar-refractivity contribution < 1.29 is 14.7 Å². The number of hydrogen-bond donors (Lipinski definition) is 2. The van der Waals surface area contributed by atoms with Gasteiger partial charge in [-0.3, -0.25) is 14.5 Å². The Hall–Kier alpha value is -1.14. The minimum atomic E-state index is -0.815. The van der Waals surface area contributed by atoms with E-state index < -0.39 is 12.0 Å². The highest BCUT2D eigenvalue weighted by molar-refractivity contribution is 5.77. The zero-order valence-corrected chi connectivity index (χ0v) is 11.8. The first kappa shape index (κ1) is 15.9. The molecule has 6 nitrogen and oxygen atoms in total. The van der Waals surface area contributed by atoms with Crippen LogP contribution in [0.3, 0.4) is 0 Å². The van der Waals surface area contributed by atoms with E-state index in [1.807, 2.05) is 4.90 Å². The van der Waals surface area contributed by atoms with Crippen molar-refractivity contribution in [2.75, 3.05) is 26.2 Å². The van der Waals surface area contributed by atoms with Crippen molar-refractivity contribution in [3.63, 3.8) is 0 Å². The summed E-state index contributed by atoms with van der Waals surface area (Å²) in [6.07, 6.45) is 2.24. The zero-order valence-electron chi connectivity index (χ0n) is 11.8. The molecule has 19 heavy (non-hydrogen) atoms. The summed E-state index contributed by atoms with van der Waals surface area (Å²) in [5, 5.41) is 8.95. The second-order valence-electron chi connectivity index (χ2n) is 5.18. The predicted octanol–water partition coefficient (Wildman–Crippen LogP) is 0.121. The van der Waals surface area contributed by atoms with Gasteiger partial charge in [-0.25, -0.2) is 0 Å². The van der Waals surface area contributed by atoms with Gasteiger partial charge in [-0.2, -0.15) is 0 Å². The molecule has 1 fully saturated rings. The van der Waals surface area contributed by atoms with E-state index in [2.05, 4.69) is 6.92 Å². The van der Waals surface area contributed by atoms with Crippen molar-refractivity contribution in [1.82, 2.24) is 9.80 Å². The van der Waals surface area contributed by atoms with Gasteiger partial charge in [0.15, 0.2) is 0 Å². The van der Waals surface area contributed by atoms with Gasteiger partial charge < -0.3 is 15.7 Å². The van der Waals surface area contributed by atoms with Gasteiger partial charge in [0.1, 0.15) is 6.04 Å². The summed E-state index contributed by atoms with van der Waals surface area (Å²) in [6, 6.07) is -0.548. The molecule has 0 aromatic rings. The van der Waals surface area contributed by atoms with Crippen LogP contribution in [0.25, 0.3) is 0 Å². The molecule has 6 heteroatoms. The lowest BCUT2D eigenvalue weighted by Gasteiger charge is -2.37. The van der Waals surface area contributed by atoms with Crippen LogP contribution in [0.1, 0.15) is 33.1 Å². The Morgan fingerprint density at radius 2 is 1.84 bits per heavy atom. The Morgan fingerprint density at radius 1 is 1.26 bits per heavy atom. The molecule has 0 spiro atoms. The van der Waals surface area contributed by atoms with Crippen LogP contribution in [0.4, 0.5) is 0 Å². The topological polar surface area (TPSA) is 86.9 Å². The van der Waals surface area contributed by atoms with E-state index in [1.54, 1.807) is 11.8 Å². The SMILES string of the molecule is CCCC(N)CC(=O)N1CCN(C(C)C(=O)O)CC1. The summed E-state index contributed by atoms with van der Waals surface area (Å²) in [4.78, 5) is 26.6. The first-order valence-electron chi connectivity index (χ1n) is 6.96. The van der Waals surface area contributed by atoms with E-state index in [0.29, 0.717) is 32.6 Å². The molecule has 0 aromatic heterocycles. The molecule has 1 saturated heterocycles. The van der Waals surface area contributed by atoms with Crippen LogP contribution in [-0.4, -0.2) is 65.0 Å². The highest BCUT2D eigenvalue weighted by atomic mass is 16.4. The second-order valence-corrected chi connectivity index (χ2v) is 5.18. The first-order chi connectivity index (χ1) is 8.95. The van der Waals surface area contributed by atoms with Gasteiger partial charge in [0.05, 0.1) is 0 Å². The van der Waals surface area contributed by atoms with E-state index in [9.17, 15) is 9.59 Å². The maximum atomic E-state index is 12.0. The van der Waals surface area contributed by atoms with E-state index in [-0.39, 0.29) is 11.9 Å². The van der Waals surface area contributed by atoms with Crippen molar-refractivity contribution >= 4 is 11.9 Å². The molecule has 0 bridgehead atoms. The molecule has 1 heterocycles. The molecule has 2 unspecified atom stereocenters. The monoisotopic (exact) mass is 271 g/mol. The standard InChI is InChI=1S/C13H25N3O3/c1-3-4-11(14)9-12(17)16-7-5-15(6-8-16)10(2)13(18)19/h10-11H,3-9,14H2,1-2H3,(H,18,19). The number of carbonyl (C=O) groups is 2. The lowest BCUT2D eigenvalue weighted by molar-refractivity contribution is -0.144. The van der Waals surface area contributed by atoms with E-state index in [1.165, 1.54) is 0 Å². The lowest BCUT2D eigenvalue weighted by atomic mass is 10.1. The third kappa shape index (κ3) is 4.80. The van der Waals surface area contributed by atoms with Crippen LogP contribution >= 0.6 is 0 Å². The van der Waals surface area contributed by atoms with Crippen molar-refractivity contribution in [2.45, 2.75) is 45.2 Å². The summed E-state index contributed by atoms with van der Waals surface area (Å²) in [5.74, 6) is -0.728. The van der Waals surface area contributed by atoms with Gasteiger partial charge in [0.2, 0.25) is 5.91 Å². The number of nitrogens with two attached hydrogens (primary N) is 1. The number of rotatable bonds is 6. The van der Waals surface area contributed by atoms with Crippen LogP contribution in [0.5, 0.6) is 0 Å². The molecule has 0 saturated carbocycles. The van der Waals surface area contributed by atoms with Gasteiger partial charge in [0.25, 0.3) is 0 Å². The Labute approximate surface area is 114 Å². The van der Waals surface area contributed by atoms with Crippen molar-refractivity contribution in [2.24, 2.45) is 5.73 Å². The van der Waals surface area contributed by atoms with Crippen molar-refractivity contribution in [3.8, 4) is 0 Å². The Kier molecular flexibility index (Phi) is 6.24. The molecule has 1 aliphatic heterocycles. The number of carboxylic acid groups (broad SMARTS) is 1. The summed E-state index contributed by atoms with van der Waals surface area (Å²) < 4.78 is 0. The van der Waals surface area contributed by atoms with Gasteiger partial charge in [0, 0.05) is 38.6 Å². The molecule has 1 aliphatic rings. The molecule has 3 N–H and O–H groups in total. The van der Waals surface area contributed by atoms with Crippen LogP contribution in [0.2, 0.25) is 0 Å². The molecule has 0 aromatic carbocycles. The molecule has 2 atom stereocenters. The van der Waals surface area contributed by atoms with Crippen molar-refractivity contribution in [3.05, 3.63) is 0 Å². The highest BCUT2D eigenvalue weighted by Gasteiger charge is 2.27. The number of carbonyl (C=O) groups excluding carboxylic acids is 1. The van der Waals surface area contributed by atoms with Crippen LogP contribution < -0.4 is 5.73 Å². The quantitative estimate of drug-likeness (QED) is 0.716. The fourth-order valence-corrected chi connectivity index (χ4v) is 2.34. The third-order valence-electron chi connectivity index (χ3n) is 3.67. The third-order valence-corrected chi connectivity index (χ3v) is 3.67. The average molecular weight is 271 g/mol. The van der Waals surface area contributed by atoms with Gasteiger partial charge in [-0.15, -0.1) is 0 Å². The maximum absolute atomic E-state index is 12.0. The molecule has 1 rings (SSSR count). The minimum Gasteiger partial charge on any atom is -0.480 e. The van der Waals surface area contributed by atoms with E-state index in [0.717, 1.165) is 12.8 Å². The minimum absolute atomic E-state index is 0.0616. The summed E-state index contributed by atoms with van der Waals surface area (Å²) >= 11 is 0. The Bertz CT molecular complexity index is 314. The maximum Gasteiger partial charge on any atom is 0.320 e. The largest absolute Gasteiger partial charge is 0.480 e. The number of aliphatic carboxylic acids is 1. The molecular weight excluding hydrogens is 246 g/mol. The molecule has 1 amide bonds. The smallest absolute Gasteiger partial charge is 0.320 e. The number of carboxylic acids is 1. The number of amides is 1. The molecule has 110 valence electrons. The van der Waals surface area contributed by atoms with Crippen LogP contribution in [-0.2, 0) is 9.59 Å². The summed E-state index contributed by atoms with van der Waals surface area (Å²) in [6.45, 7) is 6.14. The first-order valence-corrected chi connectivity index (χ1v) is 6.96. The van der Waals surface area contributed by atoms with E-state index >= 15 is 0 Å². The molecule has 0 aliphatic carbocycles. The number of hydrogen-bond acceptors (Lipinski definition) is 4. The summed E-state index contributed by atoms with van der Waals surface area (Å²) in [5.41, 5.74) is 5.87. The van der Waals surface area contributed by atoms with Crippen LogP contribution in [0.15, 0.2) is 0 Å². The Morgan fingerprint density at radius 3 is 2.32 bits per heavy atom. The average Bonchev–Trinajstić information content (AvgIpc) is 2.38. The normalized spacial score (nSPS) is 20.1. The molecule has 0 radical (unpaired) electrons. The van der Waals surface area contributed by atoms with Gasteiger partial charge in [-0.05, 0) is 13.3 Å². The van der Waals surface area contributed by atoms with Gasteiger partial charge in [-0.1, -0.05) is 13.3 Å². The lowest BCUT2D eigenvalue weighted by Crippen LogP contribution is -2.53. The Balaban J connectivity index is 2.37. The van der Waals surface area contributed by atoms with E-state index in [4.69, 9.17) is 10.8 Å².